The van der Waals surface area contributed by atoms with Crippen molar-refractivity contribution < 1.29 is 5.11 Å². The highest BCUT2D eigenvalue weighted by atomic mass is 79.9. The average Bonchev–Trinajstić information content (AvgIpc) is 2.55. The van der Waals surface area contributed by atoms with Gasteiger partial charge in [-0.25, -0.2) is 4.98 Å². The summed E-state index contributed by atoms with van der Waals surface area (Å²) in [6.45, 7) is -0.0610. The predicted molar refractivity (Wildman–Crippen MR) is 67.3 cm³/mol. The fourth-order valence-corrected chi connectivity index (χ4v) is 2.33. The third-order valence-corrected chi connectivity index (χ3v) is 3.39. The molecule has 0 amide bonds. The van der Waals surface area contributed by atoms with Crippen molar-refractivity contribution in [1.29, 1.82) is 0 Å². The molecule has 16 heavy (non-hydrogen) atoms. The van der Waals surface area contributed by atoms with Crippen LogP contribution in [0.5, 0.6) is 0 Å². The Morgan fingerprint density at radius 3 is 2.69 bits per heavy atom. The zero-order chi connectivity index (χ0) is 11.7. The molecule has 0 saturated heterocycles. The van der Waals surface area contributed by atoms with E-state index in [1.807, 2.05) is 35.9 Å². The Kier molecular flexibility index (Phi) is 3.33. The summed E-state index contributed by atoms with van der Waals surface area (Å²) in [5, 5.41) is 9.85. The van der Waals surface area contributed by atoms with E-state index >= 15 is 0 Å². The Labute approximate surface area is 107 Å². The molecule has 1 heterocycles. The van der Waals surface area contributed by atoms with Crippen molar-refractivity contribution >= 4 is 27.5 Å². The van der Waals surface area contributed by atoms with Crippen molar-refractivity contribution in [2.24, 2.45) is 7.05 Å². The number of nitrogens with zero attached hydrogens (tertiary/aromatic N) is 2. The van der Waals surface area contributed by atoms with Crippen molar-refractivity contribution in [2.75, 3.05) is 0 Å². The number of benzene rings is 1. The van der Waals surface area contributed by atoms with Crippen LogP contribution < -0.4 is 0 Å². The van der Waals surface area contributed by atoms with Gasteiger partial charge in [0.15, 0.2) is 0 Å². The smallest absolute Gasteiger partial charge is 0.142 e. The fraction of sp³-hybridized carbons (Fsp3) is 0.182. The summed E-state index contributed by atoms with van der Waals surface area (Å²) < 4.78 is 2.47. The van der Waals surface area contributed by atoms with E-state index in [4.69, 9.17) is 11.6 Å². The lowest BCUT2D eigenvalue weighted by atomic mass is 10.2. The number of imidazole rings is 1. The third-order valence-electron chi connectivity index (χ3n) is 2.43. The molecule has 2 rings (SSSR count). The minimum atomic E-state index is -0.0610. The van der Waals surface area contributed by atoms with Gasteiger partial charge in [-0.1, -0.05) is 23.7 Å². The molecule has 0 atom stereocenters. The van der Waals surface area contributed by atoms with Gasteiger partial charge in [0, 0.05) is 12.6 Å². The Balaban J connectivity index is 2.62. The molecular formula is C11H10BrClN2O. The van der Waals surface area contributed by atoms with Gasteiger partial charge >= 0.3 is 0 Å². The lowest BCUT2D eigenvalue weighted by Crippen LogP contribution is -1.98. The first-order valence-electron chi connectivity index (χ1n) is 4.72. The molecule has 1 N–H and O–H groups in total. The molecule has 1 aromatic carbocycles. The van der Waals surface area contributed by atoms with E-state index in [0.717, 1.165) is 17.1 Å². The van der Waals surface area contributed by atoms with Crippen molar-refractivity contribution in [3.05, 3.63) is 39.6 Å². The molecule has 0 aliphatic rings. The number of aliphatic hydroxyl groups excluding tert-OH is 1. The summed E-state index contributed by atoms with van der Waals surface area (Å²) in [7, 11) is 1.85. The second-order valence-electron chi connectivity index (χ2n) is 3.37. The summed E-state index contributed by atoms with van der Waals surface area (Å²) in [5.41, 5.74) is 1.59. The van der Waals surface area contributed by atoms with E-state index in [9.17, 15) is 5.11 Å². The van der Waals surface area contributed by atoms with Crippen LogP contribution in [-0.2, 0) is 13.7 Å². The molecule has 0 saturated carbocycles. The molecule has 0 bridgehead atoms. The van der Waals surface area contributed by atoms with Crippen LogP contribution in [0.1, 0.15) is 5.69 Å². The second kappa shape index (κ2) is 4.57. The lowest BCUT2D eigenvalue weighted by Gasteiger charge is -2.05. The average molecular weight is 302 g/mol. The molecule has 0 fully saturated rings. The van der Waals surface area contributed by atoms with Crippen molar-refractivity contribution in [2.45, 2.75) is 6.61 Å². The quantitative estimate of drug-likeness (QED) is 0.926. The highest BCUT2D eigenvalue weighted by Crippen LogP contribution is 2.29. The highest BCUT2D eigenvalue weighted by Gasteiger charge is 2.14. The maximum absolute atomic E-state index is 9.20. The number of hydrogen-bond donors (Lipinski definition) is 1. The van der Waals surface area contributed by atoms with Crippen LogP contribution in [-0.4, -0.2) is 14.7 Å². The zero-order valence-corrected chi connectivity index (χ0v) is 11.0. The maximum Gasteiger partial charge on any atom is 0.142 e. The number of aliphatic hydroxyl groups is 1. The normalized spacial score (nSPS) is 10.8. The van der Waals surface area contributed by atoms with Gasteiger partial charge in [0.2, 0.25) is 0 Å². The Morgan fingerprint density at radius 1 is 1.44 bits per heavy atom. The van der Waals surface area contributed by atoms with Crippen molar-refractivity contribution in [3.8, 4) is 11.4 Å². The SMILES string of the molecule is Cn1c(-c2ccccc2Cl)nc(Br)c1CO. The number of halogens is 2. The van der Waals surface area contributed by atoms with Gasteiger partial charge in [-0.3, -0.25) is 0 Å². The van der Waals surface area contributed by atoms with Crippen LogP contribution in [0.4, 0.5) is 0 Å². The Hall–Kier alpha value is -0.840. The van der Waals surface area contributed by atoms with E-state index in [-0.39, 0.29) is 6.61 Å². The van der Waals surface area contributed by atoms with Gasteiger partial charge in [-0.05, 0) is 28.1 Å². The number of hydrogen-bond acceptors (Lipinski definition) is 2. The van der Waals surface area contributed by atoms with Gasteiger partial charge in [0.05, 0.1) is 17.3 Å². The highest BCUT2D eigenvalue weighted by molar-refractivity contribution is 9.10. The van der Waals surface area contributed by atoms with E-state index in [1.165, 1.54) is 0 Å². The molecule has 5 heteroatoms. The Bertz CT molecular complexity index is 525. The van der Waals surface area contributed by atoms with Gasteiger partial charge in [-0.2, -0.15) is 0 Å². The topological polar surface area (TPSA) is 38.0 Å². The molecule has 2 aromatic rings. The molecule has 84 valence electrons. The summed E-state index contributed by atoms with van der Waals surface area (Å²) >= 11 is 9.42. The van der Waals surface area contributed by atoms with Crippen LogP contribution >= 0.6 is 27.5 Å². The maximum atomic E-state index is 9.20. The van der Waals surface area contributed by atoms with E-state index in [2.05, 4.69) is 20.9 Å². The minimum Gasteiger partial charge on any atom is -0.390 e. The lowest BCUT2D eigenvalue weighted by molar-refractivity contribution is 0.272. The van der Waals surface area contributed by atoms with Crippen LogP contribution in [0.2, 0.25) is 5.02 Å². The number of aromatic nitrogens is 2. The first kappa shape index (κ1) is 11.6. The zero-order valence-electron chi connectivity index (χ0n) is 8.61. The van der Waals surface area contributed by atoms with Gasteiger partial charge < -0.3 is 9.67 Å². The van der Waals surface area contributed by atoms with Crippen LogP contribution in [0, 0.1) is 0 Å². The molecular weight excluding hydrogens is 291 g/mol. The summed E-state index contributed by atoms with van der Waals surface area (Å²) in [4.78, 5) is 4.35. The second-order valence-corrected chi connectivity index (χ2v) is 4.53. The van der Waals surface area contributed by atoms with Crippen LogP contribution in [0.25, 0.3) is 11.4 Å². The third kappa shape index (κ3) is 1.88. The van der Waals surface area contributed by atoms with Gasteiger partial charge in [0.1, 0.15) is 10.4 Å². The van der Waals surface area contributed by atoms with Gasteiger partial charge in [0.25, 0.3) is 0 Å². The molecule has 0 radical (unpaired) electrons. The van der Waals surface area contributed by atoms with Crippen LogP contribution in [0.3, 0.4) is 0 Å². The Morgan fingerprint density at radius 2 is 2.12 bits per heavy atom. The molecule has 0 aliphatic heterocycles. The molecule has 1 aromatic heterocycles. The fourth-order valence-electron chi connectivity index (χ4n) is 1.55. The first-order chi connectivity index (χ1) is 7.65. The monoisotopic (exact) mass is 300 g/mol. The van der Waals surface area contributed by atoms with E-state index < -0.39 is 0 Å². The standard InChI is InChI=1S/C11H10BrClN2O/c1-15-9(6-16)10(12)14-11(15)7-4-2-3-5-8(7)13/h2-5,16H,6H2,1H3. The van der Waals surface area contributed by atoms with Crippen molar-refractivity contribution in [3.63, 3.8) is 0 Å². The molecule has 3 nitrogen and oxygen atoms in total. The summed E-state index contributed by atoms with van der Waals surface area (Å²) in [5.74, 6) is 0.738. The van der Waals surface area contributed by atoms with E-state index in [0.29, 0.717) is 9.63 Å². The first-order valence-corrected chi connectivity index (χ1v) is 5.89. The molecule has 0 spiro atoms. The summed E-state index contributed by atoms with van der Waals surface area (Å²) in [6.07, 6.45) is 0. The minimum absolute atomic E-state index is 0.0610. The van der Waals surface area contributed by atoms with Crippen molar-refractivity contribution in [1.82, 2.24) is 9.55 Å². The van der Waals surface area contributed by atoms with E-state index in [1.54, 1.807) is 0 Å². The molecule has 0 aliphatic carbocycles. The number of rotatable bonds is 2. The molecule has 0 unspecified atom stereocenters. The predicted octanol–water partition coefficient (Wildman–Crippen LogP) is 3.00. The van der Waals surface area contributed by atoms with Gasteiger partial charge in [-0.15, -0.1) is 0 Å². The summed E-state index contributed by atoms with van der Waals surface area (Å²) in [6, 6.07) is 7.50. The largest absolute Gasteiger partial charge is 0.390 e. The van der Waals surface area contributed by atoms with Crippen LogP contribution in [0.15, 0.2) is 28.9 Å².